The third kappa shape index (κ3) is 3.48. The Balaban J connectivity index is 2.06. The van der Waals surface area contributed by atoms with Crippen LogP contribution in [0.15, 0.2) is 36.4 Å². The van der Waals surface area contributed by atoms with E-state index in [1.807, 2.05) is 6.92 Å². The molecule has 3 nitrogen and oxygen atoms in total. The Bertz CT molecular complexity index is 663. The highest BCUT2D eigenvalue weighted by Gasteiger charge is 2.14. The normalized spacial score (nSPS) is 10.0. The van der Waals surface area contributed by atoms with E-state index in [0.717, 1.165) is 11.3 Å². The van der Waals surface area contributed by atoms with Crippen LogP contribution in [0.1, 0.15) is 18.1 Å². The number of nitrogens with zero attached hydrogens (tertiary/aromatic N) is 1. The van der Waals surface area contributed by atoms with Crippen molar-refractivity contribution in [1.82, 2.24) is 0 Å². The van der Waals surface area contributed by atoms with Crippen LogP contribution < -0.4 is 9.47 Å². The van der Waals surface area contributed by atoms with E-state index >= 15 is 0 Å². The van der Waals surface area contributed by atoms with Gasteiger partial charge in [-0.25, -0.2) is 4.39 Å². The van der Waals surface area contributed by atoms with Crippen molar-refractivity contribution in [3.63, 3.8) is 0 Å². The molecule has 108 valence electrons. The minimum absolute atomic E-state index is 0.0919. The lowest BCUT2D eigenvalue weighted by Gasteiger charge is -2.09. The molecule has 0 spiro atoms. The topological polar surface area (TPSA) is 42.2 Å². The summed E-state index contributed by atoms with van der Waals surface area (Å²) in [4.78, 5) is 0. The van der Waals surface area contributed by atoms with Crippen LogP contribution in [0.4, 0.5) is 8.78 Å². The summed E-state index contributed by atoms with van der Waals surface area (Å²) in [5, 5.41) is 8.60. The second-order valence-electron chi connectivity index (χ2n) is 4.22. The SMILES string of the molecule is CCOc1ccc(COc2ccc(C#N)c(F)c2F)cc1. The molecule has 0 bridgehead atoms. The fraction of sp³-hybridized carbons (Fsp3) is 0.188. The minimum Gasteiger partial charge on any atom is -0.494 e. The number of hydrogen-bond acceptors (Lipinski definition) is 3. The van der Waals surface area contributed by atoms with Gasteiger partial charge in [0.15, 0.2) is 11.6 Å². The average molecular weight is 289 g/mol. The van der Waals surface area contributed by atoms with Gasteiger partial charge in [-0.3, -0.25) is 0 Å². The molecule has 0 heterocycles. The fourth-order valence-corrected chi connectivity index (χ4v) is 1.74. The fourth-order valence-electron chi connectivity index (χ4n) is 1.74. The highest BCUT2D eigenvalue weighted by Crippen LogP contribution is 2.23. The average Bonchev–Trinajstić information content (AvgIpc) is 2.50. The molecule has 2 aromatic rings. The van der Waals surface area contributed by atoms with Crippen LogP contribution in [-0.2, 0) is 6.61 Å². The van der Waals surface area contributed by atoms with Gasteiger partial charge in [0.05, 0.1) is 12.2 Å². The number of ether oxygens (including phenoxy) is 2. The summed E-state index contributed by atoms with van der Waals surface area (Å²) in [7, 11) is 0. The second-order valence-corrected chi connectivity index (χ2v) is 4.22. The van der Waals surface area contributed by atoms with Crippen LogP contribution in [0.25, 0.3) is 0 Å². The summed E-state index contributed by atoms with van der Waals surface area (Å²) >= 11 is 0. The molecule has 0 aliphatic rings. The lowest BCUT2D eigenvalue weighted by atomic mass is 10.2. The highest BCUT2D eigenvalue weighted by atomic mass is 19.2. The third-order valence-electron chi connectivity index (χ3n) is 2.80. The number of nitriles is 1. The van der Waals surface area contributed by atoms with Crippen LogP contribution >= 0.6 is 0 Å². The first-order chi connectivity index (χ1) is 10.2. The molecule has 0 aromatic heterocycles. The van der Waals surface area contributed by atoms with Gasteiger partial charge in [0.2, 0.25) is 5.82 Å². The Hall–Kier alpha value is -2.61. The number of halogens is 2. The van der Waals surface area contributed by atoms with Gasteiger partial charge in [-0.05, 0) is 36.8 Å². The van der Waals surface area contributed by atoms with E-state index in [2.05, 4.69) is 0 Å². The van der Waals surface area contributed by atoms with Gasteiger partial charge in [-0.1, -0.05) is 12.1 Å². The van der Waals surface area contributed by atoms with E-state index in [-0.39, 0.29) is 17.9 Å². The predicted octanol–water partition coefficient (Wildman–Crippen LogP) is 3.81. The van der Waals surface area contributed by atoms with Crippen molar-refractivity contribution >= 4 is 0 Å². The molecular weight excluding hydrogens is 276 g/mol. The Labute approximate surface area is 121 Å². The van der Waals surface area contributed by atoms with E-state index in [0.29, 0.717) is 6.61 Å². The molecule has 2 rings (SSSR count). The van der Waals surface area contributed by atoms with Gasteiger partial charge in [-0.2, -0.15) is 9.65 Å². The lowest BCUT2D eigenvalue weighted by molar-refractivity contribution is 0.284. The highest BCUT2D eigenvalue weighted by molar-refractivity contribution is 5.38. The van der Waals surface area contributed by atoms with Crippen molar-refractivity contribution in [2.75, 3.05) is 6.61 Å². The predicted molar refractivity (Wildman–Crippen MR) is 73.0 cm³/mol. The molecule has 0 amide bonds. The van der Waals surface area contributed by atoms with Crippen LogP contribution in [0.3, 0.4) is 0 Å². The zero-order valence-electron chi connectivity index (χ0n) is 11.4. The molecule has 0 radical (unpaired) electrons. The number of benzene rings is 2. The zero-order valence-corrected chi connectivity index (χ0v) is 11.4. The molecule has 2 aromatic carbocycles. The first-order valence-electron chi connectivity index (χ1n) is 6.38. The van der Waals surface area contributed by atoms with Crippen molar-refractivity contribution < 1.29 is 18.3 Å². The van der Waals surface area contributed by atoms with Crippen molar-refractivity contribution in [2.45, 2.75) is 13.5 Å². The molecule has 0 saturated heterocycles. The van der Waals surface area contributed by atoms with Gasteiger partial charge in [0.1, 0.15) is 18.4 Å². The Morgan fingerprint density at radius 3 is 2.33 bits per heavy atom. The molecule has 0 aliphatic carbocycles. The maximum atomic E-state index is 13.6. The molecule has 0 unspecified atom stereocenters. The second kappa shape index (κ2) is 6.71. The summed E-state index contributed by atoms with van der Waals surface area (Å²) in [6, 6.07) is 11.1. The molecule has 5 heteroatoms. The van der Waals surface area contributed by atoms with Crippen molar-refractivity contribution in [3.8, 4) is 17.6 Å². The van der Waals surface area contributed by atoms with Gasteiger partial charge in [0.25, 0.3) is 0 Å². The Kier molecular flexibility index (Phi) is 4.72. The van der Waals surface area contributed by atoms with Crippen LogP contribution in [-0.4, -0.2) is 6.61 Å². The van der Waals surface area contributed by atoms with Crippen LogP contribution in [0.2, 0.25) is 0 Å². The van der Waals surface area contributed by atoms with Crippen molar-refractivity contribution in [3.05, 3.63) is 59.2 Å². The maximum Gasteiger partial charge on any atom is 0.202 e. The Morgan fingerprint density at radius 2 is 1.71 bits per heavy atom. The molecule has 21 heavy (non-hydrogen) atoms. The first kappa shape index (κ1) is 14.8. The van der Waals surface area contributed by atoms with Gasteiger partial charge >= 0.3 is 0 Å². The monoisotopic (exact) mass is 289 g/mol. The molecule has 0 atom stereocenters. The summed E-state index contributed by atoms with van der Waals surface area (Å²) in [6.07, 6.45) is 0. The summed E-state index contributed by atoms with van der Waals surface area (Å²) in [5.74, 6) is -1.83. The maximum absolute atomic E-state index is 13.6. The smallest absolute Gasteiger partial charge is 0.202 e. The number of hydrogen-bond donors (Lipinski definition) is 0. The standard InChI is InChI=1S/C16H13F2NO2/c1-2-20-13-6-3-11(4-7-13)10-21-14-8-5-12(9-19)15(17)16(14)18/h3-8H,2,10H2,1H3. The summed E-state index contributed by atoms with van der Waals surface area (Å²) in [5.41, 5.74) is 0.448. The van der Waals surface area contributed by atoms with Crippen LogP contribution in [0, 0.1) is 23.0 Å². The molecule has 0 aliphatic heterocycles. The van der Waals surface area contributed by atoms with Crippen LogP contribution in [0.5, 0.6) is 11.5 Å². The molecular formula is C16H13F2NO2. The third-order valence-corrected chi connectivity index (χ3v) is 2.80. The molecule has 0 N–H and O–H groups in total. The zero-order chi connectivity index (χ0) is 15.2. The van der Waals surface area contributed by atoms with Gasteiger partial charge in [0, 0.05) is 0 Å². The van der Waals surface area contributed by atoms with E-state index in [9.17, 15) is 8.78 Å². The largest absolute Gasteiger partial charge is 0.494 e. The van der Waals surface area contributed by atoms with Crippen molar-refractivity contribution in [2.24, 2.45) is 0 Å². The van der Waals surface area contributed by atoms with Gasteiger partial charge < -0.3 is 9.47 Å². The van der Waals surface area contributed by atoms with E-state index < -0.39 is 11.6 Å². The first-order valence-corrected chi connectivity index (χ1v) is 6.38. The van der Waals surface area contributed by atoms with E-state index in [4.69, 9.17) is 14.7 Å². The molecule has 0 fully saturated rings. The summed E-state index contributed by atoms with van der Waals surface area (Å²) in [6.45, 7) is 2.56. The quantitative estimate of drug-likeness (QED) is 0.840. The van der Waals surface area contributed by atoms with Gasteiger partial charge in [-0.15, -0.1) is 0 Å². The van der Waals surface area contributed by atoms with Crippen molar-refractivity contribution in [1.29, 1.82) is 5.26 Å². The summed E-state index contributed by atoms with van der Waals surface area (Å²) < 4.78 is 37.6. The lowest BCUT2D eigenvalue weighted by Crippen LogP contribution is -2.00. The molecule has 0 saturated carbocycles. The van der Waals surface area contributed by atoms with E-state index in [1.165, 1.54) is 12.1 Å². The minimum atomic E-state index is -1.19. The van der Waals surface area contributed by atoms with E-state index in [1.54, 1.807) is 30.3 Å². The Morgan fingerprint density at radius 1 is 1.00 bits per heavy atom. The number of rotatable bonds is 5.